The molecule has 0 aliphatic carbocycles. The second-order valence-corrected chi connectivity index (χ2v) is 5.32. The normalized spacial score (nSPS) is 23.0. The number of hydrogen-bond donors (Lipinski definition) is 2. The number of hydrogen-bond acceptors (Lipinski definition) is 6. The number of nitrogen functional groups attached to an aromatic ring is 1. The van der Waals surface area contributed by atoms with E-state index in [9.17, 15) is 14.4 Å². The molecule has 2 atom stereocenters. The summed E-state index contributed by atoms with van der Waals surface area (Å²) in [6, 6.07) is 0. The van der Waals surface area contributed by atoms with E-state index in [1.54, 1.807) is 19.2 Å². The third-order valence-corrected chi connectivity index (χ3v) is 4.15. The number of amides is 3. The van der Waals surface area contributed by atoms with Gasteiger partial charge in [0.15, 0.2) is 5.01 Å². The molecule has 8 heteroatoms. The molecule has 7 nitrogen and oxygen atoms in total. The van der Waals surface area contributed by atoms with Gasteiger partial charge in [-0.15, -0.1) is 11.3 Å². The first kappa shape index (κ1) is 13.6. The van der Waals surface area contributed by atoms with Gasteiger partial charge >= 0.3 is 0 Å². The molecule has 102 valence electrons. The molecule has 2 heterocycles. The van der Waals surface area contributed by atoms with Crippen LogP contribution in [0.25, 0.3) is 0 Å². The predicted molar refractivity (Wildman–Crippen MR) is 67.7 cm³/mol. The van der Waals surface area contributed by atoms with Crippen LogP contribution in [0.5, 0.6) is 0 Å². The van der Waals surface area contributed by atoms with Crippen LogP contribution in [0, 0.1) is 11.8 Å². The predicted octanol–water partition coefficient (Wildman–Crippen LogP) is -0.112. The SMILES string of the molecule is CC1C(=O)N(Cc2csc(C(=O)NN)n2)C(=O)C1C. The number of carbonyl (C=O) groups excluding carboxylic acids is 3. The molecule has 1 aromatic heterocycles. The van der Waals surface area contributed by atoms with Gasteiger partial charge in [-0.05, 0) is 0 Å². The molecule has 1 aliphatic heterocycles. The maximum absolute atomic E-state index is 11.9. The van der Waals surface area contributed by atoms with E-state index in [1.807, 2.05) is 5.43 Å². The van der Waals surface area contributed by atoms with Gasteiger partial charge in [-0.1, -0.05) is 13.8 Å². The van der Waals surface area contributed by atoms with Gasteiger partial charge in [0.25, 0.3) is 5.91 Å². The lowest BCUT2D eigenvalue weighted by molar-refractivity contribution is -0.140. The summed E-state index contributed by atoms with van der Waals surface area (Å²) in [6.07, 6.45) is 0. The molecule has 3 N–H and O–H groups in total. The first-order chi connectivity index (χ1) is 8.95. The number of nitrogens with zero attached hydrogens (tertiary/aromatic N) is 2. The number of nitrogens with one attached hydrogen (secondary N) is 1. The number of nitrogens with two attached hydrogens (primary N) is 1. The van der Waals surface area contributed by atoms with Crippen molar-refractivity contribution in [3.8, 4) is 0 Å². The van der Waals surface area contributed by atoms with Gasteiger partial charge < -0.3 is 0 Å². The summed E-state index contributed by atoms with van der Waals surface area (Å²) in [5.41, 5.74) is 2.49. The van der Waals surface area contributed by atoms with Crippen LogP contribution >= 0.6 is 11.3 Å². The minimum absolute atomic E-state index is 0.0979. The van der Waals surface area contributed by atoms with E-state index in [0.29, 0.717) is 5.69 Å². The average molecular weight is 282 g/mol. The molecule has 1 saturated heterocycles. The van der Waals surface area contributed by atoms with Crippen molar-refractivity contribution < 1.29 is 14.4 Å². The third kappa shape index (κ3) is 2.36. The van der Waals surface area contributed by atoms with Crippen LogP contribution in [0.15, 0.2) is 5.38 Å². The van der Waals surface area contributed by atoms with Gasteiger partial charge in [-0.2, -0.15) is 0 Å². The molecule has 19 heavy (non-hydrogen) atoms. The Labute approximate surface area is 113 Å². The number of carbonyl (C=O) groups is 3. The molecule has 0 saturated carbocycles. The van der Waals surface area contributed by atoms with E-state index >= 15 is 0 Å². The lowest BCUT2D eigenvalue weighted by Crippen LogP contribution is -2.31. The molecule has 3 amide bonds. The maximum Gasteiger partial charge on any atom is 0.294 e. The Morgan fingerprint density at radius 3 is 2.53 bits per heavy atom. The standard InChI is InChI=1S/C11H14N4O3S/c1-5-6(2)11(18)15(10(5)17)3-7-4-19-9(13-7)8(16)14-12/h4-6H,3,12H2,1-2H3,(H,14,16). The molecule has 1 aliphatic rings. The van der Waals surface area contributed by atoms with Crippen molar-refractivity contribution in [3.63, 3.8) is 0 Å². The van der Waals surface area contributed by atoms with E-state index in [2.05, 4.69) is 4.98 Å². The number of likely N-dealkylation sites (tertiary alicyclic amines) is 1. The summed E-state index contributed by atoms with van der Waals surface area (Å²) < 4.78 is 0. The molecular weight excluding hydrogens is 268 g/mol. The minimum Gasteiger partial charge on any atom is -0.288 e. The maximum atomic E-state index is 11.9. The van der Waals surface area contributed by atoms with Crippen molar-refractivity contribution in [2.24, 2.45) is 17.7 Å². The van der Waals surface area contributed by atoms with Crippen LogP contribution in [-0.2, 0) is 16.1 Å². The highest BCUT2D eigenvalue weighted by molar-refractivity contribution is 7.11. The largest absolute Gasteiger partial charge is 0.294 e. The fourth-order valence-electron chi connectivity index (χ4n) is 1.89. The Morgan fingerprint density at radius 2 is 2.00 bits per heavy atom. The van der Waals surface area contributed by atoms with Gasteiger partial charge in [-0.25, -0.2) is 10.8 Å². The summed E-state index contributed by atoms with van der Waals surface area (Å²) in [4.78, 5) is 40.3. The van der Waals surface area contributed by atoms with Gasteiger partial charge in [0, 0.05) is 17.2 Å². The Morgan fingerprint density at radius 1 is 1.42 bits per heavy atom. The average Bonchev–Trinajstić information content (AvgIpc) is 2.94. The second-order valence-electron chi connectivity index (χ2n) is 4.46. The van der Waals surface area contributed by atoms with Crippen LogP contribution < -0.4 is 11.3 Å². The molecule has 2 rings (SSSR count). The van der Waals surface area contributed by atoms with Crippen molar-refractivity contribution in [1.82, 2.24) is 15.3 Å². The molecule has 0 aromatic carbocycles. The van der Waals surface area contributed by atoms with Crippen molar-refractivity contribution in [2.75, 3.05) is 0 Å². The van der Waals surface area contributed by atoms with Crippen molar-refractivity contribution in [2.45, 2.75) is 20.4 Å². The quantitative estimate of drug-likeness (QED) is 0.348. The Kier molecular flexibility index (Phi) is 3.63. The molecule has 1 aromatic rings. The summed E-state index contributed by atoms with van der Waals surface area (Å²) in [5.74, 6) is 3.50. The zero-order chi connectivity index (χ0) is 14.2. The number of aromatic nitrogens is 1. The first-order valence-electron chi connectivity index (χ1n) is 5.76. The number of rotatable bonds is 3. The first-order valence-corrected chi connectivity index (χ1v) is 6.64. The van der Waals surface area contributed by atoms with Crippen LogP contribution in [0.1, 0.15) is 29.3 Å². The van der Waals surface area contributed by atoms with Crippen molar-refractivity contribution in [3.05, 3.63) is 16.1 Å². The Hall–Kier alpha value is -1.80. The van der Waals surface area contributed by atoms with Gasteiger partial charge in [0.2, 0.25) is 11.8 Å². The van der Waals surface area contributed by atoms with Gasteiger partial charge in [0.05, 0.1) is 12.2 Å². The molecular formula is C11H14N4O3S. The van der Waals surface area contributed by atoms with Gasteiger partial charge in [0.1, 0.15) is 0 Å². The smallest absolute Gasteiger partial charge is 0.288 e. The minimum atomic E-state index is -0.489. The molecule has 0 bridgehead atoms. The highest BCUT2D eigenvalue weighted by atomic mass is 32.1. The molecule has 2 unspecified atom stereocenters. The second kappa shape index (κ2) is 5.06. The highest BCUT2D eigenvalue weighted by Crippen LogP contribution is 2.27. The van der Waals surface area contributed by atoms with Crippen molar-refractivity contribution in [1.29, 1.82) is 0 Å². The monoisotopic (exact) mass is 282 g/mol. The molecule has 0 spiro atoms. The van der Waals surface area contributed by atoms with E-state index in [1.165, 1.54) is 4.90 Å². The highest BCUT2D eigenvalue weighted by Gasteiger charge is 2.42. The number of imide groups is 1. The zero-order valence-electron chi connectivity index (χ0n) is 10.5. The Bertz CT molecular complexity index is 522. The van der Waals surface area contributed by atoms with E-state index in [-0.39, 0.29) is 35.2 Å². The third-order valence-electron chi connectivity index (χ3n) is 3.26. The van der Waals surface area contributed by atoms with E-state index < -0.39 is 5.91 Å². The molecule has 0 radical (unpaired) electrons. The zero-order valence-corrected chi connectivity index (χ0v) is 11.4. The summed E-state index contributed by atoms with van der Waals surface area (Å²) in [5, 5.41) is 1.84. The lowest BCUT2D eigenvalue weighted by Gasteiger charge is -2.12. The fourth-order valence-corrected chi connectivity index (χ4v) is 2.60. The van der Waals surface area contributed by atoms with E-state index in [0.717, 1.165) is 11.3 Å². The molecule has 1 fully saturated rings. The van der Waals surface area contributed by atoms with Gasteiger partial charge in [-0.3, -0.25) is 24.7 Å². The Balaban J connectivity index is 2.14. The summed E-state index contributed by atoms with van der Waals surface area (Å²) in [6.45, 7) is 3.57. The lowest BCUT2D eigenvalue weighted by atomic mass is 10.00. The van der Waals surface area contributed by atoms with Crippen molar-refractivity contribution >= 4 is 29.1 Å². The summed E-state index contributed by atoms with van der Waals surface area (Å²) in [7, 11) is 0. The van der Waals surface area contributed by atoms with Crippen LogP contribution in [0.4, 0.5) is 0 Å². The van der Waals surface area contributed by atoms with Crippen LogP contribution in [-0.4, -0.2) is 27.6 Å². The summed E-state index contributed by atoms with van der Waals surface area (Å²) >= 11 is 1.12. The van der Waals surface area contributed by atoms with Crippen LogP contribution in [0.2, 0.25) is 0 Å². The fraction of sp³-hybridized carbons (Fsp3) is 0.455. The number of thiazole rings is 1. The van der Waals surface area contributed by atoms with Crippen LogP contribution in [0.3, 0.4) is 0 Å². The topological polar surface area (TPSA) is 105 Å². The number of hydrazine groups is 1. The van der Waals surface area contributed by atoms with E-state index in [4.69, 9.17) is 5.84 Å².